The van der Waals surface area contributed by atoms with E-state index in [0.29, 0.717) is 35.1 Å². The van der Waals surface area contributed by atoms with E-state index < -0.39 is 18.4 Å². The van der Waals surface area contributed by atoms with Crippen LogP contribution in [0, 0.1) is 51.2 Å². The van der Waals surface area contributed by atoms with Crippen LogP contribution in [0.5, 0.6) is 0 Å². The third-order valence-electron chi connectivity index (χ3n) is 11.0. The largest absolute Gasteiger partial charge is 0.480 e. The average molecular weight is 479 g/mol. The number of nitrogens with zero attached hydrogens (tertiary/aromatic N) is 2. The van der Waals surface area contributed by atoms with Gasteiger partial charge in [0, 0.05) is 6.42 Å². The number of carboxylic acids is 1. The molecule has 1 amide bonds. The third-order valence-corrected chi connectivity index (χ3v) is 11.0. The molecular weight excluding hydrogens is 436 g/mol. The normalized spacial score (nSPS) is 44.3. The van der Waals surface area contributed by atoms with Gasteiger partial charge in [0.25, 0.3) is 0 Å². The van der Waals surface area contributed by atoms with E-state index in [0.717, 1.165) is 38.5 Å². The molecule has 0 aromatic heterocycles. The van der Waals surface area contributed by atoms with Gasteiger partial charge in [-0.3, -0.25) is 9.59 Å². The van der Waals surface area contributed by atoms with Crippen molar-refractivity contribution in [3.63, 3.8) is 0 Å². The van der Waals surface area contributed by atoms with Crippen LogP contribution in [0.15, 0.2) is 5.29 Å². The second-order valence-electron chi connectivity index (χ2n) is 12.3. The fraction of sp³-hybridized carbons (Fsp3) is 0.923. The zero-order valence-corrected chi connectivity index (χ0v) is 20.9. The Labute approximate surface area is 202 Å². The van der Waals surface area contributed by atoms with Gasteiger partial charge in [-0.15, -0.1) is 4.91 Å². The number of carbonyl (C=O) groups is 2. The van der Waals surface area contributed by atoms with E-state index in [2.05, 4.69) is 26.1 Å². The Hall–Kier alpha value is -1.54. The van der Waals surface area contributed by atoms with E-state index in [-0.39, 0.29) is 41.3 Å². The van der Waals surface area contributed by atoms with Gasteiger partial charge in [0.1, 0.15) is 6.54 Å². The maximum absolute atomic E-state index is 12.3. The summed E-state index contributed by atoms with van der Waals surface area (Å²) in [6.07, 6.45) is 8.21. The first-order valence-electron chi connectivity index (χ1n) is 13.2. The Balaban J connectivity index is 1.45. The minimum absolute atomic E-state index is 0.0850. The van der Waals surface area contributed by atoms with Crippen LogP contribution in [0.2, 0.25) is 0 Å². The monoisotopic (exact) mass is 478 g/mol. The Kier molecular flexibility index (Phi) is 7.13. The summed E-state index contributed by atoms with van der Waals surface area (Å²) in [4.78, 5) is 34.1. The lowest BCUT2D eigenvalue weighted by atomic mass is 9.43. The molecule has 0 radical (unpaired) electrons. The Morgan fingerprint density at radius 2 is 1.79 bits per heavy atom. The SMILES string of the molecule is C[C@H](CCC(=O)N(CC(=O)O)N=O)[C@H]1CC[C@H]2[C@@H]3CC[C@@H]4C[C@H](O)CC[C@]4(C)[C@H]3C[C@H](O)[C@]12C. The molecule has 0 heterocycles. The van der Waals surface area contributed by atoms with Crippen molar-refractivity contribution in [2.75, 3.05) is 6.54 Å². The zero-order valence-electron chi connectivity index (χ0n) is 20.9. The van der Waals surface area contributed by atoms with Crippen LogP contribution in [0.3, 0.4) is 0 Å². The van der Waals surface area contributed by atoms with Crippen molar-refractivity contribution in [2.45, 2.75) is 97.2 Å². The molecule has 8 heteroatoms. The molecule has 0 spiro atoms. The lowest BCUT2D eigenvalue weighted by Crippen LogP contribution is -2.58. The first-order chi connectivity index (χ1) is 16.0. The van der Waals surface area contributed by atoms with Gasteiger partial charge in [-0.25, -0.2) is 0 Å². The highest BCUT2D eigenvalue weighted by Gasteiger charge is 2.63. The molecule has 192 valence electrons. The molecule has 0 unspecified atom stereocenters. The smallest absolute Gasteiger partial charge is 0.325 e. The van der Waals surface area contributed by atoms with Crippen LogP contribution < -0.4 is 0 Å². The molecule has 4 rings (SSSR count). The number of hydrogen-bond acceptors (Lipinski definition) is 6. The first kappa shape index (κ1) is 25.5. The molecule has 4 aliphatic carbocycles. The molecule has 0 saturated heterocycles. The second-order valence-corrected chi connectivity index (χ2v) is 12.3. The topological polar surface area (TPSA) is 128 Å². The van der Waals surface area contributed by atoms with Crippen LogP contribution >= 0.6 is 0 Å². The summed E-state index contributed by atoms with van der Waals surface area (Å²) in [6.45, 7) is 6.09. The molecule has 3 N–H and O–H groups in total. The molecule has 4 saturated carbocycles. The van der Waals surface area contributed by atoms with Gasteiger partial charge in [-0.05, 0) is 104 Å². The number of carboxylic acid groups (broad SMARTS) is 1. The number of amides is 1. The Morgan fingerprint density at radius 3 is 2.47 bits per heavy atom. The van der Waals surface area contributed by atoms with Gasteiger partial charge in [0.05, 0.1) is 17.5 Å². The standard InChI is InChI=1S/C26H42N2O6/c1-15(4-9-23(31)28(27-34)14-24(32)33)19-7-8-20-18-6-5-16-12-17(29)10-11-25(16,2)21(18)13-22(30)26(19,20)3/h15-22,29-30H,4-14H2,1-3H3,(H,32,33)/t15-,16-,17-,18+,19-,20+,21+,22+,25+,26-/m1/s1. The maximum Gasteiger partial charge on any atom is 0.325 e. The summed E-state index contributed by atoms with van der Waals surface area (Å²) >= 11 is 0. The molecule has 4 aliphatic rings. The highest BCUT2D eigenvalue weighted by molar-refractivity contribution is 5.80. The first-order valence-corrected chi connectivity index (χ1v) is 13.2. The van der Waals surface area contributed by atoms with Gasteiger partial charge in [0.15, 0.2) is 0 Å². The molecule has 0 aliphatic heterocycles. The summed E-state index contributed by atoms with van der Waals surface area (Å²) in [5, 5.41) is 33.8. The fourth-order valence-electron chi connectivity index (χ4n) is 9.13. The minimum atomic E-state index is -1.26. The van der Waals surface area contributed by atoms with Crippen molar-refractivity contribution >= 4 is 11.9 Å². The zero-order chi connectivity index (χ0) is 24.8. The van der Waals surface area contributed by atoms with E-state index in [4.69, 9.17) is 5.11 Å². The van der Waals surface area contributed by atoms with Gasteiger partial charge >= 0.3 is 5.97 Å². The van der Waals surface area contributed by atoms with Crippen molar-refractivity contribution in [1.29, 1.82) is 0 Å². The molecular formula is C26H42N2O6. The van der Waals surface area contributed by atoms with Crippen LogP contribution in [0.1, 0.15) is 85.0 Å². The molecule has 0 bridgehead atoms. The van der Waals surface area contributed by atoms with Crippen LogP contribution in [-0.2, 0) is 9.59 Å². The molecule has 10 atom stereocenters. The van der Waals surface area contributed by atoms with Gasteiger partial charge in [-0.1, -0.05) is 20.8 Å². The Morgan fingerprint density at radius 1 is 1.06 bits per heavy atom. The second kappa shape index (κ2) is 9.49. The third kappa shape index (κ3) is 4.19. The van der Waals surface area contributed by atoms with Gasteiger partial charge in [-0.2, -0.15) is 5.01 Å². The average Bonchev–Trinajstić information content (AvgIpc) is 3.15. The number of aliphatic hydroxyl groups excluding tert-OH is 2. The molecule has 4 fully saturated rings. The van der Waals surface area contributed by atoms with Crippen LogP contribution in [-0.4, -0.2) is 51.0 Å². The molecule has 0 aromatic carbocycles. The lowest BCUT2D eigenvalue weighted by Gasteiger charge is -2.62. The summed E-state index contributed by atoms with van der Waals surface area (Å²) in [7, 11) is 0. The highest BCUT2D eigenvalue weighted by Crippen LogP contribution is 2.68. The molecule has 34 heavy (non-hydrogen) atoms. The van der Waals surface area contributed by atoms with Crippen molar-refractivity contribution < 1.29 is 24.9 Å². The van der Waals surface area contributed by atoms with Crippen molar-refractivity contribution in [2.24, 2.45) is 51.6 Å². The maximum atomic E-state index is 12.3. The van der Waals surface area contributed by atoms with E-state index in [1.165, 1.54) is 12.8 Å². The Bertz CT molecular complexity index is 806. The van der Waals surface area contributed by atoms with Crippen molar-refractivity contribution in [3.8, 4) is 0 Å². The number of rotatable bonds is 7. The minimum Gasteiger partial charge on any atom is -0.480 e. The fourth-order valence-corrected chi connectivity index (χ4v) is 9.13. The predicted molar refractivity (Wildman–Crippen MR) is 126 cm³/mol. The summed E-state index contributed by atoms with van der Waals surface area (Å²) in [6, 6.07) is 0. The van der Waals surface area contributed by atoms with Gasteiger partial charge in [0.2, 0.25) is 5.91 Å². The number of aliphatic hydroxyl groups is 2. The number of aliphatic carboxylic acids is 1. The predicted octanol–water partition coefficient (Wildman–Crippen LogP) is 3.99. The highest BCUT2D eigenvalue weighted by atomic mass is 16.4. The molecule has 8 nitrogen and oxygen atoms in total. The number of hydrogen-bond donors (Lipinski definition) is 3. The van der Waals surface area contributed by atoms with Crippen LogP contribution in [0.25, 0.3) is 0 Å². The molecule has 0 aromatic rings. The van der Waals surface area contributed by atoms with E-state index in [1.807, 2.05) is 0 Å². The van der Waals surface area contributed by atoms with E-state index in [1.54, 1.807) is 0 Å². The number of carbonyl (C=O) groups excluding carboxylic acids is 1. The van der Waals surface area contributed by atoms with Crippen molar-refractivity contribution in [3.05, 3.63) is 4.91 Å². The summed E-state index contributed by atoms with van der Waals surface area (Å²) < 4.78 is 0. The van der Waals surface area contributed by atoms with Crippen molar-refractivity contribution in [1.82, 2.24) is 5.01 Å². The van der Waals surface area contributed by atoms with E-state index in [9.17, 15) is 24.7 Å². The summed E-state index contributed by atoms with van der Waals surface area (Å²) in [5.41, 5.74) is 0.0146. The quantitative estimate of drug-likeness (QED) is 0.375. The summed E-state index contributed by atoms with van der Waals surface area (Å²) in [5.74, 6) is 0.782. The number of nitroso groups, excluding NO2 is 1. The van der Waals surface area contributed by atoms with E-state index >= 15 is 0 Å². The number of fused-ring (bicyclic) bond motifs is 5. The lowest BCUT2D eigenvalue weighted by molar-refractivity contribution is -0.175. The van der Waals surface area contributed by atoms with Crippen LogP contribution in [0.4, 0.5) is 0 Å². The van der Waals surface area contributed by atoms with Gasteiger partial charge < -0.3 is 15.3 Å².